The molecule has 0 bridgehead atoms. The molecule has 0 aromatic carbocycles. The second kappa shape index (κ2) is 3.61. The second-order valence-corrected chi connectivity index (χ2v) is 4.00. The first-order valence-corrected chi connectivity index (χ1v) is 4.31. The van der Waals surface area contributed by atoms with Crippen molar-refractivity contribution in [1.29, 1.82) is 5.41 Å². The predicted octanol–water partition coefficient (Wildman–Crippen LogP) is 0.828. The first-order chi connectivity index (χ1) is 6.41. The van der Waals surface area contributed by atoms with Gasteiger partial charge in [-0.2, -0.15) is 5.10 Å². The number of carbonyl (C=O) groups excluding carboxylic acids is 1. The summed E-state index contributed by atoms with van der Waals surface area (Å²) >= 11 is 0. The highest BCUT2D eigenvalue weighted by molar-refractivity contribution is 5.98. The van der Waals surface area contributed by atoms with Gasteiger partial charge in [-0.3, -0.25) is 15.5 Å². The summed E-state index contributed by atoms with van der Waals surface area (Å²) in [5.74, 6) is -0.229. The Morgan fingerprint density at radius 2 is 2.14 bits per heavy atom. The fourth-order valence-corrected chi connectivity index (χ4v) is 0.753. The van der Waals surface area contributed by atoms with E-state index < -0.39 is 5.41 Å². The van der Waals surface area contributed by atoms with Crippen molar-refractivity contribution in [3.05, 3.63) is 18.5 Å². The van der Waals surface area contributed by atoms with E-state index in [2.05, 4.69) is 10.4 Å². The van der Waals surface area contributed by atoms with Gasteiger partial charge in [-0.05, 0) is 6.07 Å². The third-order valence-corrected chi connectivity index (χ3v) is 1.65. The van der Waals surface area contributed by atoms with Gasteiger partial charge in [0.2, 0.25) is 11.9 Å². The summed E-state index contributed by atoms with van der Waals surface area (Å²) in [6, 6.07) is 1.69. The van der Waals surface area contributed by atoms with Gasteiger partial charge in [-0.1, -0.05) is 20.8 Å². The molecule has 76 valence electrons. The largest absolute Gasteiger partial charge is 0.295 e. The van der Waals surface area contributed by atoms with Crippen molar-refractivity contribution < 1.29 is 4.79 Å². The maximum atomic E-state index is 11.5. The fourth-order valence-electron chi connectivity index (χ4n) is 0.753. The molecule has 1 heterocycles. The van der Waals surface area contributed by atoms with Crippen LogP contribution in [0, 0.1) is 10.8 Å². The average Bonchev–Trinajstić information content (AvgIpc) is 2.53. The van der Waals surface area contributed by atoms with Crippen molar-refractivity contribution >= 4 is 11.9 Å². The van der Waals surface area contributed by atoms with E-state index in [1.54, 1.807) is 39.2 Å². The van der Waals surface area contributed by atoms with Crippen molar-refractivity contribution in [2.75, 3.05) is 0 Å². The Labute approximate surface area is 82.6 Å². The van der Waals surface area contributed by atoms with Crippen molar-refractivity contribution in [3.63, 3.8) is 0 Å². The topological polar surface area (TPSA) is 70.8 Å². The molecule has 0 atom stereocenters. The SMILES string of the molecule is CC(C)(C)C(=O)NC(=N)n1cccn1. The summed E-state index contributed by atoms with van der Waals surface area (Å²) in [5, 5.41) is 13.8. The first-order valence-electron chi connectivity index (χ1n) is 4.31. The van der Waals surface area contributed by atoms with E-state index in [-0.39, 0.29) is 11.9 Å². The number of hydrogen-bond acceptors (Lipinski definition) is 3. The van der Waals surface area contributed by atoms with Gasteiger partial charge in [0, 0.05) is 17.8 Å². The molecule has 1 aromatic rings. The lowest BCUT2D eigenvalue weighted by atomic mass is 9.96. The standard InChI is InChI=1S/C9H14N4O/c1-9(2,3)7(14)12-8(10)13-6-4-5-11-13/h4-6H,1-3H3,(H2,10,12,14). The average molecular weight is 194 g/mol. The Morgan fingerprint density at radius 3 is 2.57 bits per heavy atom. The van der Waals surface area contributed by atoms with Crippen LogP contribution in [0.25, 0.3) is 0 Å². The second-order valence-electron chi connectivity index (χ2n) is 4.00. The Hall–Kier alpha value is -1.65. The van der Waals surface area contributed by atoms with Gasteiger partial charge >= 0.3 is 0 Å². The van der Waals surface area contributed by atoms with Crippen LogP contribution in [-0.4, -0.2) is 21.6 Å². The van der Waals surface area contributed by atoms with Crippen LogP contribution in [0.15, 0.2) is 18.5 Å². The first kappa shape index (κ1) is 10.4. The molecule has 0 saturated heterocycles. The number of carbonyl (C=O) groups is 1. The van der Waals surface area contributed by atoms with Gasteiger partial charge in [0.1, 0.15) is 0 Å². The zero-order valence-corrected chi connectivity index (χ0v) is 8.53. The lowest BCUT2D eigenvalue weighted by Crippen LogP contribution is -2.41. The lowest BCUT2D eigenvalue weighted by molar-refractivity contribution is -0.127. The van der Waals surface area contributed by atoms with Crippen molar-refractivity contribution in [1.82, 2.24) is 15.1 Å². The van der Waals surface area contributed by atoms with Crippen LogP contribution in [-0.2, 0) is 4.79 Å². The number of hydrogen-bond donors (Lipinski definition) is 2. The quantitative estimate of drug-likeness (QED) is 0.474. The lowest BCUT2D eigenvalue weighted by Gasteiger charge is -2.17. The predicted molar refractivity (Wildman–Crippen MR) is 52.9 cm³/mol. The highest BCUT2D eigenvalue weighted by atomic mass is 16.2. The molecule has 1 aromatic heterocycles. The summed E-state index contributed by atoms with van der Waals surface area (Å²) < 4.78 is 1.30. The summed E-state index contributed by atoms with van der Waals surface area (Å²) in [6.07, 6.45) is 3.16. The van der Waals surface area contributed by atoms with E-state index in [1.165, 1.54) is 4.68 Å². The molecule has 0 saturated carbocycles. The van der Waals surface area contributed by atoms with Crippen molar-refractivity contribution in [2.24, 2.45) is 5.41 Å². The Bertz CT molecular complexity index is 334. The van der Waals surface area contributed by atoms with Gasteiger partial charge < -0.3 is 0 Å². The van der Waals surface area contributed by atoms with Crippen molar-refractivity contribution in [2.45, 2.75) is 20.8 Å². The highest BCUT2D eigenvalue weighted by Crippen LogP contribution is 2.12. The van der Waals surface area contributed by atoms with Crippen LogP contribution in [0.1, 0.15) is 20.8 Å². The van der Waals surface area contributed by atoms with Gasteiger partial charge in [-0.25, -0.2) is 4.68 Å². The summed E-state index contributed by atoms with van der Waals surface area (Å²) in [5.41, 5.74) is -0.501. The monoisotopic (exact) mass is 194 g/mol. The molecule has 5 nitrogen and oxygen atoms in total. The highest BCUT2D eigenvalue weighted by Gasteiger charge is 2.22. The zero-order chi connectivity index (χ0) is 10.8. The van der Waals surface area contributed by atoms with Crippen LogP contribution in [0.4, 0.5) is 0 Å². The van der Waals surface area contributed by atoms with Gasteiger partial charge in [0.25, 0.3) is 0 Å². The molecule has 2 N–H and O–H groups in total. The maximum Gasteiger partial charge on any atom is 0.232 e. The van der Waals surface area contributed by atoms with Crippen LogP contribution < -0.4 is 5.32 Å². The number of nitrogens with zero attached hydrogens (tertiary/aromatic N) is 2. The fraction of sp³-hybridized carbons (Fsp3) is 0.444. The molecule has 1 rings (SSSR count). The van der Waals surface area contributed by atoms with E-state index in [4.69, 9.17) is 5.41 Å². The molecule has 0 aliphatic heterocycles. The molecule has 5 heteroatoms. The smallest absolute Gasteiger partial charge is 0.232 e. The Kier molecular flexibility index (Phi) is 2.69. The summed E-state index contributed by atoms with van der Waals surface area (Å²) in [6.45, 7) is 5.37. The van der Waals surface area contributed by atoms with Gasteiger partial charge in [0.05, 0.1) is 0 Å². The molecule has 0 spiro atoms. The molecule has 0 radical (unpaired) electrons. The minimum atomic E-state index is -0.501. The Balaban J connectivity index is 2.63. The van der Waals surface area contributed by atoms with Gasteiger partial charge in [0.15, 0.2) is 0 Å². The molecular formula is C9H14N4O. The normalized spacial score (nSPS) is 11.1. The maximum absolute atomic E-state index is 11.5. The minimum Gasteiger partial charge on any atom is -0.295 e. The van der Waals surface area contributed by atoms with Crippen molar-refractivity contribution in [3.8, 4) is 0 Å². The molecule has 0 fully saturated rings. The Morgan fingerprint density at radius 1 is 1.50 bits per heavy atom. The van der Waals surface area contributed by atoms with E-state index in [1.807, 2.05) is 0 Å². The molecule has 0 aliphatic carbocycles. The third-order valence-electron chi connectivity index (χ3n) is 1.65. The number of amides is 1. The van der Waals surface area contributed by atoms with E-state index in [0.717, 1.165) is 0 Å². The molecule has 1 amide bonds. The summed E-state index contributed by atoms with van der Waals surface area (Å²) in [7, 11) is 0. The van der Waals surface area contributed by atoms with E-state index >= 15 is 0 Å². The number of nitrogens with one attached hydrogen (secondary N) is 2. The van der Waals surface area contributed by atoms with Crippen LogP contribution in [0.3, 0.4) is 0 Å². The molecule has 0 unspecified atom stereocenters. The van der Waals surface area contributed by atoms with E-state index in [0.29, 0.717) is 0 Å². The van der Waals surface area contributed by atoms with Crippen LogP contribution in [0.5, 0.6) is 0 Å². The zero-order valence-electron chi connectivity index (χ0n) is 8.53. The summed E-state index contributed by atoms with van der Waals surface area (Å²) in [4.78, 5) is 11.5. The molecule has 0 aliphatic rings. The number of aromatic nitrogens is 2. The van der Waals surface area contributed by atoms with Crippen LogP contribution in [0.2, 0.25) is 0 Å². The van der Waals surface area contributed by atoms with E-state index in [9.17, 15) is 4.79 Å². The molecular weight excluding hydrogens is 180 g/mol. The van der Waals surface area contributed by atoms with Crippen LogP contribution >= 0.6 is 0 Å². The van der Waals surface area contributed by atoms with Gasteiger partial charge in [-0.15, -0.1) is 0 Å². The molecule has 14 heavy (non-hydrogen) atoms. The number of rotatable bonds is 0. The third kappa shape index (κ3) is 2.42. The minimum absolute atomic E-state index is 0.0325.